The summed E-state index contributed by atoms with van der Waals surface area (Å²) in [6.45, 7) is 5.15. The van der Waals surface area contributed by atoms with Gasteiger partial charge in [0.2, 0.25) is 11.6 Å². The number of hydrogen-bond donors (Lipinski definition) is 0. The standard InChI is InChI=1S/C11H10N2O2/c1-5-4-8(14)9-10(11(5)15)13-7(3)6(2)12-9/h4H,1-3H3. The minimum Gasteiger partial charge on any atom is -0.287 e. The van der Waals surface area contributed by atoms with Gasteiger partial charge in [-0.05, 0) is 26.8 Å². The molecular formula is C11H10N2O2. The fraction of sp³-hybridized carbons (Fsp3) is 0.273. The number of aromatic nitrogens is 2. The van der Waals surface area contributed by atoms with Crippen LogP contribution in [-0.4, -0.2) is 21.5 Å². The van der Waals surface area contributed by atoms with Gasteiger partial charge in [0.1, 0.15) is 11.4 Å². The highest BCUT2D eigenvalue weighted by Gasteiger charge is 2.26. The van der Waals surface area contributed by atoms with Crippen molar-refractivity contribution < 1.29 is 9.59 Å². The monoisotopic (exact) mass is 202 g/mol. The van der Waals surface area contributed by atoms with E-state index in [1.807, 2.05) is 0 Å². The number of aryl methyl sites for hydroxylation is 2. The Morgan fingerprint density at radius 1 is 0.933 bits per heavy atom. The molecule has 4 nitrogen and oxygen atoms in total. The van der Waals surface area contributed by atoms with Gasteiger partial charge in [-0.25, -0.2) is 9.97 Å². The summed E-state index contributed by atoms with van der Waals surface area (Å²) >= 11 is 0. The molecule has 0 fully saturated rings. The van der Waals surface area contributed by atoms with Gasteiger partial charge in [-0.15, -0.1) is 0 Å². The van der Waals surface area contributed by atoms with Gasteiger partial charge in [-0.1, -0.05) is 0 Å². The van der Waals surface area contributed by atoms with Gasteiger partial charge in [0.25, 0.3) is 0 Å². The summed E-state index contributed by atoms with van der Waals surface area (Å²) in [5.41, 5.74) is 2.15. The van der Waals surface area contributed by atoms with E-state index in [4.69, 9.17) is 0 Å². The lowest BCUT2D eigenvalue weighted by Crippen LogP contribution is -2.20. The van der Waals surface area contributed by atoms with Gasteiger partial charge in [-0.2, -0.15) is 0 Å². The lowest BCUT2D eigenvalue weighted by atomic mass is 9.98. The molecule has 1 aliphatic rings. The topological polar surface area (TPSA) is 59.9 Å². The molecule has 0 spiro atoms. The van der Waals surface area contributed by atoms with Crippen LogP contribution in [0.4, 0.5) is 0 Å². The summed E-state index contributed by atoms with van der Waals surface area (Å²) in [6.07, 6.45) is 1.31. The molecule has 0 aliphatic heterocycles. The third-order valence-electron chi connectivity index (χ3n) is 2.46. The summed E-state index contributed by atoms with van der Waals surface area (Å²) < 4.78 is 0. The lowest BCUT2D eigenvalue weighted by Gasteiger charge is -2.12. The molecule has 1 aromatic rings. The maximum atomic E-state index is 11.7. The van der Waals surface area contributed by atoms with Gasteiger partial charge >= 0.3 is 0 Å². The lowest BCUT2D eigenvalue weighted by molar-refractivity contribution is 0.0976. The Bertz CT molecular complexity index is 516. The molecule has 4 heteroatoms. The number of ketones is 2. The largest absolute Gasteiger partial charge is 0.287 e. The number of hydrogen-bond acceptors (Lipinski definition) is 4. The van der Waals surface area contributed by atoms with Crippen molar-refractivity contribution in [2.24, 2.45) is 0 Å². The number of nitrogens with zero attached hydrogens (tertiary/aromatic N) is 2. The number of rotatable bonds is 0. The van der Waals surface area contributed by atoms with Crippen molar-refractivity contribution in [1.82, 2.24) is 9.97 Å². The minimum atomic E-state index is -0.238. The number of allylic oxidation sites excluding steroid dienone is 2. The Kier molecular flexibility index (Phi) is 2.00. The molecule has 0 N–H and O–H groups in total. The van der Waals surface area contributed by atoms with Crippen molar-refractivity contribution in [3.8, 4) is 0 Å². The second-order valence-electron chi connectivity index (χ2n) is 3.61. The van der Waals surface area contributed by atoms with Gasteiger partial charge < -0.3 is 0 Å². The summed E-state index contributed by atoms with van der Waals surface area (Å²) in [5.74, 6) is -0.446. The van der Waals surface area contributed by atoms with Crippen LogP contribution >= 0.6 is 0 Å². The van der Waals surface area contributed by atoms with E-state index in [-0.39, 0.29) is 23.0 Å². The highest BCUT2D eigenvalue weighted by atomic mass is 16.1. The third kappa shape index (κ3) is 1.38. The average molecular weight is 202 g/mol. The first-order chi connectivity index (χ1) is 7.00. The summed E-state index contributed by atoms with van der Waals surface area (Å²) in [4.78, 5) is 31.5. The SMILES string of the molecule is CC1=CC(=O)c2nc(C)c(C)nc2C1=O. The van der Waals surface area contributed by atoms with Crippen molar-refractivity contribution in [2.75, 3.05) is 0 Å². The van der Waals surface area contributed by atoms with Crippen LogP contribution in [0, 0.1) is 13.8 Å². The maximum Gasteiger partial charge on any atom is 0.209 e. The first-order valence-corrected chi connectivity index (χ1v) is 4.63. The molecule has 0 amide bonds. The van der Waals surface area contributed by atoms with Crippen LogP contribution in [0.5, 0.6) is 0 Å². The first-order valence-electron chi connectivity index (χ1n) is 4.63. The van der Waals surface area contributed by atoms with Crippen LogP contribution in [0.25, 0.3) is 0 Å². The molecule has 0 radical (unpaired) electrons. The van der Waals surface area contributed by atoms with Crippen molar-refractivity contribution in [1.29, 1.82) is 0 Å². The van der Waals surface area contributed by atoms with Gasteiger partial charge in [0.05, 0.1) is 11.4 Å². The number of fused-ring (bicyclic) bond motifs is 1. The van der Waals surface area contributed by atoms with Crippen LogP contribution in [0.15, 0.2) is 11.6 Å². The Labute approximate surface area is 87.1 Å². The van der Waals surface area contributed by atoms with Crippen molar-refractivity contribution in [2.45, 2.75) is 20.8 Å². The zero-order valence-corrected chi connectivity index (χ0v) is 8.79. The Morgan fingerprint density at radius 2 is 1.47 bits per heavy atom. The van der Waals surface area contributed by atoms with Crippen molar-refractivity contribution in [3.63, 3.8) is 0 Å². The predicted octanol–water partition coefficient (Wildman–Crippen LogP) is 1.42. The minimum absolute atomic E-state index is 0.175. The van der Waals surface area contributed by atoms with E-state index >= 15 is 0 Å². The quantitative estimate of drug-likeness (QED) is 0.638. The molecule has 1 heterocycles. The zero-order valence-electron chi connectivity index (χ0n) is 8.79. The van der Waals surface area contributed by atoms with Crippen LogP contribution in [-0.2, 0) is 0 Å². The van der Waals surface area contributed by atoms with Crippen LogP contribution in [0.3, 0.4) is 0 Å². The maximum absolute atomic E-state index is 11.7. The molecule has 1 aliphatic carbocycles. The van der Waals surface area contributed by atoms with E-state index in [1.54, 1.807) is 20.8 Å². The van der Waals surface area contributed by atoms with E-state index in [0.717, 1.165) is 0 Å². The van der Waals surface area contributed by atoms with Gasteiger partial charge in [0, 0.05) is 5.57 Å². The number of Topliss-reactive ketones (excluding diaryl/α,β-unsaturated/α-hetero) is 1. The summed E-state index contributed by atoms with van der Waals surface area (Å²) in [5, 5.41) is 0. The molecule has 0 aromatic carbocycles. The highest BCUT2D eigenvalue weighted by Crippen LogP contribution is 2.18. The Hall–Kier alpha value is -1.84. The van der Waals surface area contributed by atoms with Gasteiger partial charge in [0.15, 0.2) is 0 Å². The second kappa shape index (κ2) is 3.08. The molecule has 76 valence electrons. The molecule has 2 rings (SSSR count). The molecule has 0 bridgehead atoms. The number of carbonyl (C=O) groups is 2. The Morgan fingerprint density at radius 3 is 2.07 bits per heavy atom. The predicted molar refractivity (Wildman–Crippen MR) is 53.9 cm³/mol. The summed E-state index contributed by atoms with van der Waals surface area (Å²) in [7, 11) is 0. The van der Waals surface area contributed by atoms with E-state index in [1.165, 1.54) is 6.08 Å². The second-order valence-corrected chi connectivity index (χ2v) is 3.61. The molecule has 0 saturated heterocycles. The van der Waals surface area contributed by atoms with Crippen LogP contribution in [0.2, 0.25) is 0 Å². The smallest absolute Gasteiger partial charge is 0.209 e. The highest BCUT2D eigenvalue weighted by molar-refractivity contribution is 6.22. The third-order valence-corrected chi connectivity index (χ3v) is 2.46. The van der Waals surface area contributed by atoms with E-state index in [0.29, 0.717) is 17.0 Å². The fourth-order valence-corrected chi connectivity index (χ4v) is 1.45. The van der Waals surface area contributed by atoms with E-state index in [9.17, 15) is 9.59 Å². The molecular weight excluding hydrogens is 192 g/mol. The molecule has 0 atom stereocenters. The van der Waals surface area contributed by atoms with Crippen LogP contribution in [0.1, 0.15) is 39.3 Å². The average Bonchev–Trinajstić information content (AvgIpc) is 2.18. The number of carbonyl (C=O) groups excluding carboxylic acids is 2. The molecule has 15 heavy (non-hydrogen) atoms. The zero-order chi connectivity index (χ0) is 11.2. The summed E-state index contributed by atoms with van der Waals surface area (Å²) in [6, 6.07) is 0. The van der Waals surface area contributed by atoms with E-state index < -0.39 is 0 Å². The van der Waals surface area contributed by atoms with Crippen molar-refractivity contribution >= 4 is 11.6 Å². The Balaban J connectivity index is 2.73. The molecule has 0 unspecified atom stereocenters. The molecule has 1 aromatic heterocycles. The van der Waals surface area contributed by atoms with E-state index in [2.05, 4.69) is 9.97 Å². The van der Waals surface area contributed by atoms with Gasteiger partial charge in [-0.3, -0.25) is 9.59 Å². The van der Waals surface area contributed by atoms with Crippen LogP contribution < -0.4 is 0 Å². The molecule has 0 saturated carbocycles. The normalized spacial score (nSPS) is 15.0. The first kappa shape index (κ1) is 9.71. The van der Waals surface area contributed by atoms with Crippen molar-refractivity contribution in [3.05, 3.63) is 34.4 Å². The fourth-order valence-electron chi connectivity index (χ4n) is 1.45.